The molecule has 4 aromatic rings. The molecule has 1 aromatic heterocycles. The van der Waals surface area contributed by atoms with Gasteiger partial charge in [0.15, 0.2) is 0 Å². The summed E-state index contributed by atoms with van der Waals surface area (Å²) < 4.78 is 50.6. The first kappa shape index (κ1) is 24.2. The van der Waals surface area contributed by atoms with Gasteiger partial charge in [0.2, 0.25) is 10.0 Å². The van der Waals surface area contributed by atoms with Gasteiger partial charge in [-0.15, -0.1) is 0 Å². The number of primary sulfonamides is 1. The van der Waals surface area contributed by atoms with Crippen molar-refractivity contribution < 1.29 is 21.6 Å². The number of H-pyrrole nitrogens is 2. The Labute approximate surface area is 200 Å². The molecule has 182 valence electrons. The van der Waals surface area contributed by atoms with Crippen LogP contribution in [0.3, 0.4) is 0 Å². The standard InChI is InChI=1S/C22H21N5O6S2/c1-13(14-4-8-17(9-5-14)34(23,30)31)24-21(28)15-2-6-16(7-3-15)27-35(32,33)18-10-11-19-20(12-18)26-22(29)25-19/h2-13,27H,1H3,(H,24,28)(H2,23,30,31)(H2,25,26,29)/t13-/m1/s1. The van der Waals surface area contributed by atoms with Gasteiger partial charge in [-0.05, 0) is 67.1 Å². The normalized spacial score (nSPS) is 12.9. The number of carbonyl (C=O) groups is 1. The van der Waals surface area contributed by atoms with E-state index >= 15 is 0 Å². The Bertz CT molecular complexity index is 1670. The second-order valence-corrected chi connectivity index (χ2v) is 11.0. The van der Waals surface area contributed by atoms with Crippen LogP contribution in [0.25, 0.3) is 11.0 Å². The van der Waals surface area contributed by atoms with Gasteiger partial charge in [-0.25, -0.2) is 26.8 Å². The van der Waals surface area contributed by atoms with E-state index < -0.39 is 37.7 Å². The molecule has 0 saturated carbocycles. The topological polar surface area (TPSA) is 184 Å². The molecule has 0 spiro atoms. The van der Waals surface area contributed by atoms with Gasteiger partial charge in [-0.3, -0.25) is 9.52 Å². The molecule has 0 aliphatic carbocycles. The minimum absolute atomic E-state index is 0.0286. The molecular formula is C22H21N5O6S2. The van der Waals surface area contributed by atoms with Crippen LogP contribution in [-0.2, 0) is 20.0 Å². The van der Waals surface area contributed by atoms with Gasteiger partial charge in [0.05, 0.1) is 26.9 Å². The van der Waals surface area contributed by atoms with Crippen LogP contribution in [0.1, 0.15) is 28.9 Å². The van der Waals surface area contributed by atoms with Crippen molar-refractivity contribution in [3.8, 4) is 0 Å². The van der Waals surface area contributed by atoms with E-state index in [1.54, 1.807) is 19.1 Å². The highest BCUT2D eigenvalue weighted by Crippen LogP contribution is 2.20. The number of fused-ring (bicyclic) bond motifs is 1. The van der Waals surface area contributed by atoms with E-state index in [2.05, 4.69) is 20.0 Å². The Kier molecular flexibility index (Phi) is 6.23. The van der Waals surface area contributed by atoms with Crippen LogP contribution in [0.5, 0.6) is 0 Å². The molecule has 35 heavy (non-hydrogen) atoms. The molecule has 3 aromatic carbocycles. The predicted octanol–water partition coefficient (Wildman–Crippen LogP) is 1.80. The Balaban J connectivity index is 1.43. The molecule has 0 aliphatic rings. The summed E-state index contributed by atoms with van der Waals surface area (Å²) in [7, 11) is -7.74. The van der Waals surface area contributed by atoms with Crippen molar-refractivity contribution in [3.63, 3.8) is 0 Å². The highest BCUT2D eigenvalue weighted by Gasteiger charge is 2.17. The van der Waals surface area contributed by atoms with Crippen molar-refractivity contribution >= 4 is 42.7 Å². The summed E-state index contributed by atoms with van der Waals surface area (Å²) in [5, 5.41) is 7.88. The van der Waals surface area contributed by atoms with Crippen LogP contribution < -0.4 is 20.9 Å². The first-order valence-electron chi connectivity index (χ1n) is 10.2. The fraction of sp³-hybridized carbons (Fsp3) is 0.0909. The number of hydrogen-bond donors (Lipinski definition) is 5. The molecule has 0 aliphatic heterocycles. The van der Waals surface area contributed by atoms with Gasteiger partial charge in [0, 0.05) is 11.3 Å². The van der Waals surface area contributed by atoms with Crippen LogP contribution in [0, 0.1) is 0 Å². The minimum atomic E-state index is -3.94. The number of hydrogen-bond acceptors (Lipinski definition) is 6. The first-order chi connectivity index (χ1) is 16.4. The monoisotopic (exact) mass is 515 g/mol. The lowest BCUT2D eigenvalue weighted by Crippen LogP contribution is -2.26. The van der Waals surface area contributed by atoms with E-state index in [0.717, 1.165) is 0 Å². The third-order valence-electron chi connectivity index (χ3n) is 5.25. The molecule has 0 bridgehead atoms. The fourth-order valence-corrected chi connectivity index (χ4v) is 4.99. The Morgan fingerprint density at radius 2 is 1.46 bits per heavy atom. The Hall–Kier alpha value is -3.94. The number of imidazole rings is 1. The van der Waals surface area contributed by atoms with Gasteiger partial charge in [-0.1, -0.05) is 12.1 Å². The Morgan fingerprint density at radius 1 is 0.857 bits per heavy atom. The Morgan fingerprint density at radius 3 is 2.09 bits per heavy atom. The summed E-state index contributed by atoms with van der Waals surface area (Å²) in [5.74, 6) is -0.399. The summed E-state index contributed by atoms with van der Waals surface area (Å²) in [6.07, 6.45) is 0. The number of aromatic amines is 2. The molecular weight excluding hydrogens is 494 g/mol. The van der Waals surface area contributed by atoms with Crippen LogP contribution >= 0.6 is 0 Å². The second kappa shape index (κ2) is 9.02. The molecule has 11 nitrogen and oxygen atoms in total. The molecule has 6 N–H and O–H groups in total. The van der Waals surface area contributed by atoms with Crippen molar-refractivity contribution in [3.05, 3.63) is 88.3 Å². The number of nitrogens with two attached hydrogens (primary N) is 1. The quantitative estimate of drug-likeness (QED) is 0.250. The van der Waals surface area contributed by atoms with Gasteiger partial charge in [-0.2, -0.15) is 0 Å². The van der Waals surface area contributed by atoms with E-state index in [1.807, 2.05) is 0 Å². The average molecular weight is 516 g/mol. The summed E-state index contributed by atoms with van der Waals surface area (Å²) in [4.78, 5) is 29.0. The number of amides is 1. The number of benzene rings is 3. The zero-order valence-electron chi connectivity index (χ0n) is 18.3. The predicted molar refractivity (Wildman–Crippen MR) is 130 cm³/mol. The van der Waals surface area contributed by atoms with E-state index in [1.165, 1.54) is 54.6 Å². The molecule has 13 heteroatoms. The molecule has 1 heterocycles. The van der Waals surface area contributed by atoms with E-state index in [-0.39, 0.29) is 15.5 Å². The maximum absolute atomic E-state index is 12.7. The van der Waals surface area contributed by atoms with Crippen LogP contribution in [0.2, 0.25) is 0 Å². The fourth-order valence-electron chi connectivity index (χ4n) is 3.39. The van der Waals surface area contributed by atoms with Crippen molar-refractivity contribution in [2.24, 2.45) is 5.14 Å². The molecule has 0 unspecified atom stereocenters. The van der Waals surface area contributed by atoms with Gasteiger partial charge < -0.3 is 15.3 Å². The van der Waals surface area contributed by atoms with Gasteiger partial charge in [0.25, 0.3) is 15.9 Å². The van der Waals surface area contributed by atoms with Crippen molar-refractivity contribution in [2.75, 3.05) is 4.72 Å². The number of carbonyl (C=O) groups excluding carboxylic acids is 1. The molecule has 0 saturated heterocycles. The van der Waals surface area contributed by atoms with Crippen LogP contribution in [0.15, 0.2) is 81.3 Å². The number of aromatic nitrogens is 2. The molecule has 0 fully saturated rings. The zero-order chi connectivity index (χ0) is 25.4. The number of sulfonamides is 2. The summed E-state index contributed by atoms with van der Waals surface area (Å²) in [5.41, 5.74) is 1.63. The first-order valence-corrected chi connectivity index (χ1v) is 13.2. The van der Waals surface area contributed by atoms with Crippen LogP contribution in [0.4, 0.5) is 5.69 Å². The highest BCUT2D eigenvalue weighted by molar-refractivity contribution is 7.92. The molecule has 1 amide bonds. The molecule has 1 atom stereocenters. The van der Waals surface area contributed by atoms with E-state index in [9.17, 15) is 26.4 Å². The smallest absolute Gasteiger partial charge is 0.323 e. The summed E-state index contributed by atoms with van der Waals surface area (Å²) in [6.45, 7) is 1.74. The van der Waals surface area contributed by atoms with Crippen molar-refractivity contribution in [1.82, 2.24) is 15.3 Å². The van der Waals surface area contributed by atoms with Crippen LogP contribution in [-0.4, -0.2) is 32.7 Å². The summed E-state index contributed by atoms with van der Waals surface area (Å²) in [6, 6.07) is 15.5. The average Bonchev–Trinajstić information content (AvgIpc) is 3.18. The lowest BCUT2D eigenvalue weighted by atomic mass is 10.1. The SMILES string of the molecule is C[C@@H](NC(=O)c1ccc(NS(=O)(=O)c2ccc3[nH]c(=O)[nH]c3c2)cc1)c1ccc(S(N)(=O)=O)cc1. The largest absolute Gasteiger partial charge is 0.346 e. The maximum Gasteiger partial charge on any atom is 0.323 e. The van der Waals surface area contributed by atoms with Gasteiger partial charge >= 0.3 is 5.69 Å². The third kappa shape index (κ3) is 5.42. The van der Waals surface area contributed by atoms with E-state index in [0.29, 0.717) is 22.2 Å². The number of nitrogens with one attached hydrogen (secondary N) is 4. The third-order valence-corrected chi connectivity index (χ3v) is 7.56. The highest BCUT2D eigenvalue weighted by atomic mass is 32.2. The molecule has 4 rings (SSSR count). The number of anilines is 1. The number of rotatable bonds is 7. The van der Waals surface area contributed by atoms with Crippen molar-refractivity contribution in [2.45, 2.75) is 22.8 Å². The zero-order valence-corrected chi connectivity index (χ0v) is 19.9. The lowest BCUT2D eigenvalue weighted by molar-refractivity contribution is 0.0940. The maximum atomic E-state index is 12.7. The molecule has 0 radical (unpaired) electrons. The van der Waals surface area contributed by atoms with Gasteiger partial charge in [0.1, 0.15) is 0 Å². The second-order valence-electron chi connectivity index (χ2n) is 7.78. The minimum Gasteiger partial charge on any atom is -0.346 e. The lowest BCUT2D eigenvalue weighted by Gasteiger charge is -2.15. The summed E-state index contributed by atoms with van der Waals surface area (Å²) >= 11 is 0. The van der Waals surface area contributed by atoms with E-state index in [4.69, 9.17) is 5.14 Å². The van der Waals surface area contributed by atoms with Crippen molar-refractivity contribution in [1.29, 1.82) is 0 Å².